The molecule has 2 heterocycles. The first kappa shape index (κ1) is 32.4. The van der Waals surface area contributed by atoms with E-state index in [1.807, 2.05) is 55.5 Å². The Morgan fingerprint density at radius 2 is 1.85 bits per heavy atom. The van der Waals surface area contributed by atoms with E-state index in [-0.39, 0.29) is 30.2 Å². The Morgan fingerprint density at radius 3 is 2.59 bits per heavy atom. The number of nitrogens with zero attached hydrogens (tertiary/aromatic N) is 1. The van der Waals surface area contributed by atoms with Crippen molar-refractivity contribution in [3.05, 3.63) is 65.2 Å². The summed E-state index contributed by atoms with van der Waals surface area (Å²) in [6.07, 6.45) is 4.38. The number of thiol groups is 1. The monoisotopic (exact) mass is 648 g/mol. The zero-order chi connectivity index (χ0) is 32.5. The number of piperidine rings is 1. The van der Waals surface area contributed by atoms with Gasteiger partial charge in [0.05, 0.1) is 17.6 Å². The van der Waals surface area contributed by atoms with Crippen molar-refractivity contribution < 1.29 is 29.0 Å². The second-order valence-corrected chi connectivity index (χ2v) is 14.3. The highest BCUT2D eigenvalue weighted by Gasteiger charge is 2.71. The van der Waals surface area contributed by atoms with E-state index >= 15 is 0 Å². The molecule has 2 aromatic carbocycles. The topological polar surface area (TPSA) is 137 Å². The lowest BCUT2D eigenvalue weighted by molar-refractivity contribution is -0.250. The van der Waals surface area contributed by atoms with Crippen molar-refractivity contribution in [3.8, 4) is 5.75 Å². The van der Waals surface area contributed by atoms with E-state index in [1.54, 1.807) is 4.90 Å². The average Bonchev–Trinajstić information content (AvgIpc) is 3.02. The maximum atomic E-state index is 14.1. The first-order chi connectivity index (χ1) is 22.0. The molecule has 246 valence electrons. The van der Waals surface area contributed by atoms with Crippen LogP contribution >= 0.6 is 12.6 Å². The van der Waals surface area contributed by atoms with Crippen LogP contribution in [-0.2, 0) is 32.1 Å². The summed E-state index contributed by atoms with van der Waals surface area (Å²) in [5.41, 5.74) is 1.39. The summed E-state index contributed by atoms with van der Waals surface area (Å²) in [5, 5.41) is 17.8. The third-order valence-corrected chi connectivity index (χ3v) is 10.7. The molecule has 11 heteroatoms. The maximum Gasteiger partial charge on any atom is 0.244 e. The van der Waals surface area contributed by atoms with Gasteiger partial charge in [-0.1, -0.05) is 36.4 Å². The number of aryl methyl sites for hydroxylation is 2. The van der Waals surface area contributed by atoms with Crippen molar-refractivity contribution in [3.63, 3.8) is 0 Å². The normalized spacial score (nSPS) is 31.5. The van der Waals surface area contributed by atoms with Crippen LogP contribution in [0.2, 0.25) is 0 Å². The molecule has 0 aromatic heterocycles. The Balaban J connectivity index is 1.28. The van der Waals surface area contributed by atoms with Gasteiger partial charge in [-0.15, -0.1) is 0 Å². The van der Waals surface area contributed by atoms with E-state index in [2.05, 4.69) is 28.6 Å². The van der Waals surface area contributed by atoms with Crippen LogP contribution in [0, 0.1) is 18.3 Å². The number of ether oxygens (including phenoxy) is 1. The number of rotatable bonds is 5. The lowest BCUT2D eigenvalue weighted by Crippen LogP contribution is -2.73. The highest BCUT2D eigenvalue weighted by molar-refractivity contribution is 7.82. The number of carbonyl (C=O) groups excluding carboxylic acids is 4. The SMILES string of the molecule is Cc1ccc2cc1CNC(=O)[C@H](CCc1ccccc1)NC(=O)[C@@H](NC(=O)C13CC(O)(C1)C3)C(S)C(=O)N1CCCC(CCO2)C1. The van der Waals surface area contributed by atoms with Gasteiger partial charge in [0.2, 0.25) is 23.6 Å². The molecule has 4 amide bonds. The van der Waals surface area contributed by atoms with Gasteiger partial charge in [0.1, 0.15) is 23.1 Å². The molecule has 10 nitrogen and oxygen atoms in total. The van der Waals surface area contributed by atoms with E-state index in [9.17, 15) is 24.3 Å². The van der Waals surface area contributed by atoms with Crippen LogP contribution < -0.4 is 20.7 Å². The van der Waals surface area contributed by atoms with Gasteiger partial charge in [0.15, 0.2) is 0 Å². The second-order valence-electron chi connectivity index (χ2n) is 13.8. The number of carbonyl (C=O) groups is 4. The van der Waals surface area contributed by atoms with Crippen molar-refractivity contribution >= 4 is 36.3 Å². The average molecular weight is 649 g/mol. The molecule has 0 spiro atoms. The molecule has 7 rings (SSSR count). The summed E-state index contributed by atoms with van der Waals surface area (Å²) >= 11 is 4.66. The number of nitrogens with one attached hydrogen (secondary N) is 3. The standard InChI is InChI=1S/C35H44N4O6S/c1-22-9-11-26-16-25(22)17-36-30(40)27(12-10-23-6-3-2-4-7-23)37-31(41)28(38-33(43)34-19-35(44,20-34)21-34)29(46)32(42)39-14-5-8-24(18-39)13-15-45-26/h2-4,6-7,9,11,16,24,27-29,44,46H,5,8,10,12-15,17-21H2,1H3,(H,36,40)(H,37,41)(H,38,43)/t24?,27-,28-,29?,34?,35?/m0/s1. The molecule has 3 saturated carbocycles. The molecule has 3 aliphatic carbocycles. The Labute approximate surface area is 275 Å². The van der Waals surface area contributed by atoms with Gasteiger partial charge in [0, 0.05) is 19.6 Å². The third kappa shape index (κ3) is 6.90. The molecule has 4 atom stereocenters. The van der Waals surface area contributed by atoms with Crippen LogP contribution in [0.1, 0.15) is 61.6 Å². The summed E-state index contributed by atoms with van der Waals surface area (Å²) in [7, 11) is 0. The van der Waals surface area contributed by atoms with Crippen LogP contribution in [0.25, 0.3) is 0 Å². The fourth-order valence-corrected chi connectivity index (χ4v) is 7.82. The quantitative estimate of drug-likeness (QED) is 0.316. The van der Waals surface area contributed by atoms with Gasteiger partial charge in [-0.2, -0.15) is 12.6 Å². The van der Waals surface area contributed by atoms with Crippen molar-refractivity contribution in [2.24, 2.45) is 11.3 Å². The number of fused-ring (bicyclic) bond motifs is 4. The van der Waals surface area contributed by atoms with Crippen LogP contribution in [0.3, 0.4) is 0 Å². The summed E-state index contributed by atoms with van der Waals surface area (Å²) in [6.45, 7) is 3.76. The molecular formula is C35H44N4O6S. The smallest absolute Gasteiger partial charge is 0.244 e. The second kappa shape index (κ2) is 13.3. The Kier molecular flexibility index (Phi) is 9.34. The van der Waals surface area contributed by atoms with Gasteiger partial charge >= 0.3 is 0 Å². The van der Waals surface area contributed by atoms with Crippen LogP contribution in [0.5, 0.6) is 5.75 Å². The van der Waals surface area contributed by atoms with Crippen LogP contribution in [-0.4, -0.2) is 76.3 Å². The molecule has 2 unspecified atom stereocenters. The number of amides is 4. The van der Waals surface area contributed by atoms with Gasteiger partial charge in [-0.25, -0.2) is 0 Å². The van der Waals surface area contributed by atoms with E-state index in [1.165, 1.54) is 0 Å². The summed E-state index contributed by atoms with van der Waals surface area (Å²) in [6, 6.07) is 13.3. The molecule has 4 N–H and O–H groups in total. The van der Waals surface area contributed by atoms with Crippen molar-refractivity contribution in [1.82, 2.24) is 20.9 Å². The van der Waals surface area contributed by atoms with E-state index in [0.29, 0.717) is 51.8 Å². The highest BCUT2D eigenvalue weighted by atomic mass is 32.1. The highest BCUT2D eigenvalue weighted by Crippen LogP contribution is 2.67. The lowest BCUT2D eigenvalue weighted by Gasteiger charge is -2.66. The molecule has 2 aromatic rings. The largest absolute Gasteiger partial charge is 0.494 e. The molecule has 2 aliphatic heterocycles. The molecule has 4 fully saturated rings. The third-order valence-electron chi connectivity index (χ3n) is 10.2. The van der Waals surface area contributed by atoms with Crippen LogP contribution in [0.4, 0.5) is 0 Å². The minimum absolute atomic E-state index is 0.229. The molecule has 6 bridgehead atoms. The molecule has 46 heavy (non-hydrogen) atoms. The first-order valence-corrected chi connectivity index (χ1v) is 16.9. The van der Waals surface area contributed by atoms with Gasteiger partial charge in [0.25, 0.3) is 0 Å². The minimum atomic E-state index is -1.31. The number of hydrogen-bond acceptors (Lipinski definition) is 7. The summed E-state index contributed by atoms with van der Waals surface area (Å²) in [5.74, 6) is -0.761. The molecule has 5 aliphatic rings. The van der Waals surface area contributed by atoms with E-state index in [4.69, 9.17) is 4.74 Å². The maximum absolute atomic E-state index is 14.1. The summed E-state index contributed by atoms with van der Waals surface area (Å²) < 4.78 is 6.10. The fraction of sp³-hybridized carbons (Fsp3) is 0.543. The van der Waals surface area contributed by atoms with Crippen molar-refractivity contribution in [2.45, 2.75) is 87.8 Å². The zero-order valence-electron chi connectivity index (χ0n) is 26.3. The van der Waals surface area contributed by atoms with Crippen molar-refractivity contribution in [1.29, 1.82) is 0 Å². The number of hydrogen-bond donors (Lipinski definition) is 5. The Bertz CT molecular complexity index is 1460. The molecular weight excluding hydrogens is 604 g/mol. The molecule has 1 saturated heterocycles. The first-order valence-electron chi connectivity index (χ1n) is 16.4. The predicted octanol–water partition coefficient (Wildman–Crippen LogP) is 2.45. The lowest BCUT2D eigenvalue weighted by atomic mass is 9.41. The predicted molar refractivity (Wildman–Crippen MR) is 175 cm³/mol. The zero-order valence-corrected chi connectivity index (χ0v) is 27.2. The number of benzene rings is 2. The van der Waals surface area contributed by atoms with Crippen molar-refractivity contribution in [2.75, 3.05) is 19.7 Å². The number of aliphatic hydroxyl groups is 1. The van der Waals surface area contributed by atoms with Gasteiger partial charge in [-0.3, -0.25) is 19.2 Å². The van der Waals surface area contributed by atoms with Gasteiger partial charge in [-0.05, 0) is 93.0 Å². The minimum Gasteiger partial charge on any atom is -0.494 e. The van der Waals surface area contributed by atoms with Gasteiger partial charge < -0.3 is 30.7 Å². The fourth-order valence-electron chi connectivity index (χ4n) is 7.45. The molecule has 0 radical (unpaired) electrons. The van der Waals surface area contributed by atoms with E-state index < -0.39 is 34.3 Å². The summed E-state index contributed by atoms with van der Waals surface area (Å²) in [4.78, 5) is 56.8. The Morgan fingerprint density at radius 1 is 1.09 bits per heavy atom. The van der Waals surface area contributed by atoms with Crippen LogP contribution in [0.15, 0.2) is 48.5 Å². The van der Waals surface area contributed by atoms with E-state index in [0.717, 1.165) is 41.7 Å². The Hall–Kier alpha value is -3.57.